The van der Waals surface area contributed by atoms with E-state index < -0.39 is 0 Å². The molecule has 4 aliphatic rings. The SMILES string of the molecule is O=C1C2C3CCC(C3)C2C(=O)N1CC1CCCCN1. The Hall–Kier alpha value is -0.900. The molecule has 104 valence electrons. The summed E-state index contributed by atoms with van der Waals surface area (Å²) in [5.74, 6) is 1.42. The first-order chi connectivity index (χ1) is 9.25. The highest BCUT2D eigenvalue weighted by atomic mass is 16.2. The Balaban J connectivity index is 1.51. The highest BCUT2D eigenvalue weighted by Gasteiger charge is 2.60. The van der Waals surface area contributed by atoms with Crippen molar-refractivity contribution >= 4 is 11.8 Å². The van der Waals surface area contributed by atoms with Crippen molar-refractivity contribution in [3.63, 3.8) is 0 Å². The van der Waals surface area contributed by atoms with Gasteiger partial charge in [-0.05, 0) is 50.5 Å². The van der Waals surface area contributed by atoms with Gasteiger partial charge in [-0.3, -0.25) is 14.5 Å². The van der Waals surface area contributed by atoms with E-state index in [2.05, 4.69) is 5.32 Å². The quantitative estimate of drug-likeness (QED) is 0.760. The van der Waals surface area contributed by atoms with Crippen LogP contribution in [0.5, 0.6) is 0 Å². The number of amides is 2. The van der Waals surface area contributed by atoms with Gasteiger partial charge in [-0.25, -0.2) is 0 Å². The summed E-state index contributed by atoms with van der Waals surface area (Å²) in [6.45, 7) is 1.64. The van der Waals surface area contributed by atoms with Crippen LogP contribution in [-0.4, -0.2) is 35.8 Å². The van der Waals surface area contributed by atoms with E-state index >= 15 is 0 Å². The van der Waals surface area contributed by atoms with Gasteiger partial charge in [0.2, 0.25) is 11.8 Å². The van der Waals surface area contributed by atoms with Crippen LogP contribution in [0.3, 0.4) is 0 Å². The van der Waals surface area contributed by atoms with Gasteiger partial charge in [0.05, 0.1) is 11.8 Å². The molecule has 5 atom stereocenters. The van der Waals surface area contributed by atoms with E-state index in [1.807, 2.05) is 0 Å². The molecule has 0 radical (unpaired) electrons. The maximum atomic E-state index is 12.5. The van der Waals surface area contributed by atoms with E-state index in [9.17, 15) is 9.59 Å². The van der Waals surface area contributed by atoms with E-state index in [1.165, 1.54) is 25.7 Å². The topological polar surface area (TPSA) is 49.4 Å². The third-order valence-electron chi connectivity index (χ3n) is 5.83. The molecule has 1 N–H and O–H groups in total. The minimum absolute atomic E-state index is 0.0508. The molecular formula is C15H22N2O2. The highest BCUT2D eigenvalue weighted by molar-refractivity contribution is 6.06. The molecule has 4 heteroatoms. The summed E-state index contributed by atoms with van der Waals surface area (Å²) in [6.07, 6.45) is 6.99. The molecule has 19 heavy (non-hydrogen) atoms. The number of rotatable bonds is 2. The molecular weight excluding hydrogens is 240 g/mol. The summed E-state index contributed by atoms with van der Waals surface area (Å²) in [7, 11) is 0. The number of likely N-dealkylation sites (tertiary alicyclic amines) is 1. The molecule has 0 aromatic rings. The lowest BCUT2D eigenvalue weighted by Gasteiger charge is -2.27. The van der Waals surface area contributed by atoms with Crippen LogP contribution in [0.2, 0.25) is 0 Å². The number of fused-ring (bicyclic) bond motifs is 5. The van der Waals surface area contributed by atoms with Gasteiger partial charge >= 0.3 is 0 Å². The fraction of sp³-hybridized carbons (Fsp3) is 0.867. The summed E-state index contributed by atoms with van der Waals surface area (Å²) in [6, 6.07) is 0.332. The maximum Gasteiger partial charge on any atom is 0.233 e. The summed E-state index contributed by atoms with van der Waals surface area (Å²) >= 11 is 0. The third kappa shape index (κ3) is 1.69. The predicted molar refractivity (Wildman–Crippen MR) is 70.2 cm³/mol. The van der Waals surface area contributed by atoms with Gasteiger partial charge in [-0.2, -0.15) is 0 Å². The van der Waals surface area contributed by atoms with Crippen LogP contribution in [0.1, 0.15) is 38.5 Å². The van der Waals surface area contributed by atoms with Crippen LogP contribution in [-0.2, 0) is 9.59 Å². The van der Waals surface area contributed by atoms with E-state index in [0.29, 0.717) is 24.4 Å². The van der Waals surface area contributed by atoms with Gasteiger partial charge in [-0.15, -0.1) is 0 Å². The van der Waals surface area contributed by atoms with Crippen molar-refractivity contribution in [3.05, 3.63) is 0 Å². The molecule has 0 aromatic carbocycles. The number of carbonyl (C=O) groups excluding carboxylic acids is 2. The van der Waals surface area contributed by atoms with Crippen LogP contribution < -0.4 is 5.32 Å². The molecule has 4 rings (SSSR count). The summed E-state index contributed by atoms with van der Waals surface area (Å²) in [4.78, 5) is 26.7. The van der Waals surface area contributed by atoms with Crippen LogP contribution in [0.4, 0.5) is 0 Å². The molecule has 4 nitrogen and oxygen atoms in total. The van der Waals surface area contributed by atoms with Crippen molar-refractivity contribution in [2.45, 2.75) is 44.6 Å². The van der Waals surface area contributed by atoms with Crippen molar-refractivity contribution in [2.24, 2.45) is 23.7 Å². The largest absolute Gasteiger partial charge is 0.312 e. The molecule has 4 fully saturated rings. The standard InChI is InChI=1S/C15H22N2O2/c18-14-12-9-4-5-10(7-9)13(12)15(19)17(14)8-11-3-1-2-6-16-11/h9-13,16H,1-8H2. The normalized spacial score (nSPS) is 45.1. The molecule has 2 aliphatic heterocycles. The van der Waals surface area contributed by atoms with E-state index in [-0.39, 0.29) is 23.7 Å². The minimum atomic E-state index is 0.0508. The zero-order chi connectivity index (χ0) is 13.0. The zero-order valence-corrected chi connectivity index (χ0v) is 11.3. The Labute approximate surface area is 113 Å². The van der Waals surface area contributed by atoms with Crippen molar-refractivity contribution in [1.29, 1.82) is 0 Å². The minimum Gasteiger partial charge on any atom is -0.312 e. The van der Waals surface area contributed by atoms with Gasteiger partial charge in [0.25, 0.3) is 0 Å². The molecule has 2 saturated carbocycles. The molecule has 0 spiro atoms. The summed E-state index contributed by atoms with van der Waals surface area (Å²) in [5.41, 5.74) is 0. The van der Waals surface area contributed by atoms with Crippen molar-refractivity contribution in [1.82, 2.24) is 10.2 Å². The van der Waals surface area contributed by atoms with E-state index in [4.69, 9.17) is 0 Å². The number of imide groups is 1. The Morgan fingerprint density at radius 3 is 2.26 bits per heavy atom. The second-order valence-electron chi connectivity index (χ2n) is 6.82. The monoisotopic (exact) mass is 262 g/mol. The first-order valence-corrected chi connectivity index (χ1v) is 7.84. The van der Waals surface area contributed by atoms with Gasteiger partial charge in [0.15, 0.2) is 0 Å². The summed E-state index contributed by atoms with van der Waals surface area (Å²) < 4.78 is 0. The van der Waals surface area contributed by atoms with E-state index in [0.717, 1.165) is 19.4 Å². The van der Waals surface area contributed by atoms with Crippen molar-refractivity contribution < 1.29 is 9.59 Å². The Morgan fingerprint density at radius 1 is 1.00 bits per heavy atom. The van der Waals surface area contributed by atoms with Crippen LogP contribution >= 0.6 is 0 Å². The summed E-state index contributed by atoms with van der Waals surface area (Å²) in [5, 5.41) is 3.44. The zero-order valence-electron chi connectivity index (χ0n) is 11.3. The lowest BCUT2D eigenvalue weighted by atomic mass is 9.81. The van der Waals surface area contributed by atoms with Gasteiger partial charge in [0.1, 0.15) is 0 Å². The lowest BCUT2D eigenvalue weighted by molar-refractivity contribution is -0.141. The Kier molecular flexibility index (Phi) is 2.69. The van der Waals surface area contributed by atoms with Crippen LogP contribution in [0, 0.1) is 23.7 Å². The second kappa shape index (κ2) is 4.30. The average Bonchev–Trinajstić information content (AvgIpc) is 3.10. The predicted octanol–water partition coefficient (Wildman–Crippen LogP) is 1.16. The maximum absolute atomic E-state index is 12.5. The van der Waals surface area contributed by atoms with Gasteiger partial charge in [-0.1, -0.05) is 6.42 Å². The average molecular weight is 262 g/mol. The van der Waals surface area contributed by atoms with Crippen molar-refractivity contribution in [3.8, 4) is 0 Å². The lowest BCUT2D eigenvalue weighted by Crippen LogP contribution is -2.46. The number of nitrogens with zero attached hydrogens (tertiary/aromatic N) is 1. The fourth-order valence-corrected chi connectivity index (χ4v) is 4.95. The number of hydrogen-bond acceptors (Lipinski definition) is 3. The second-order valence-corrected chi connectivity index (χ2v) is 6.82. The first-order valence-electron chi connectivity index (χ1n) is 7.84. The fourth-order valence-electron chi connectivity index (χ4n) is 4.95. The third-order valence-corrected chi connectivity index (χ3v) is 5.83. The number of piperidine rings is 1. The molecule has 2 bridgehead atoms. The Bertz CT molecular complexity index is 388. The first kappa shape index (κ1) is 11.9. The highest BCUT2D eigenvalue weighted by Crippen LogP contribution is 2.56. The smallest absolute Gasteiger partial charge is 0.233 e. The van der Waals surface area contributed by atoms with Gasteiger partial charge in [0, 0.05) is 12.6 Å². The van der Waals surface area contributed by atoms with Crippen molar-refractivity contribution in [2.75, 3.05) is 13.1 Å². The number of nitrogens with one attached hydrogen (secondary N) is 1. The van der Waals surface area contributed by atoms with Crippen LogP contribution in [0.25, 0.3) is 0 Å². The van der Waals surface area contributed by atoms with Crippen LogP contribution in [0.15, 0.2) is 0 Å². The number of hydrogen-bond donors (Lipinski definition) is 1. The molecule has 2 saturated heterocycles. The molecule has 2 amide bonds. The van der Waals surface area contributed by atoms with E-state index in [1.54, 1.807) is 4.90 Å². The van der Waals surface area contributed by atoms with Gasteiger partial charge < -0.3 is 5.32 Å². The molecule has 5 unspecified atom stereocenters. The Morgan fingerprint density at radius 2 is 1.68 bits per heavy atom. The number of carbonyl (C=O) groups is 2. The molecule has 2 heterocycles. The molecule has 2 aliphatic carbocycles. The molecule has 0 aromatic heterocycles.